The van der Waals surface area contributed by atoms with Crippen LogP contribution >= 0.6 is 0 Å². The molecule has 0 spiro atoms. The molecule has 5 rings (SSSR count). The van der Waals surface area contributed by atoms with Crippen LogP contribution in [0.15, 0.2) is 77.7 Å². The second kappa shape index (κ2) is 6.28. The van der Waals surface area contributed by atoms with Crippen molar-refractivity contribution in [3.63, 3.8) is 0 Å². The maximum Gasteiger partial charge on any atom is 0.138 e. The maximum absolute atomic E-state index is 6.13. The molecule has 0 amide bonds. The molecule has 0 fully saturated rings. The van der Waals surface area contributed by atoms with Crippen molar-refractivity contribution in [2.75, 3.05) is 0 Å². The molecule has 0 saturated heterocycles. The third-order valence-electron chi connectivity index (χ3n) is 5.42. The Hall–Kier alpha value is -3.52. The van der Waals surface area contributed by atoms with Crippen molar-refractivity contribution in [3.8, 4) is 5.69 Å². The Kier molecular flexibility index (Phi) is 3.73. The molecule has 0 aliphatic heterocycles. The topological polar surface area (TPSA) is 18.1 Å². The Labute approximate surface area is 164 Å². The van der Waals surface area contributed by atoms with Crippen molar-refractivity contribution < 1.29 is 4.42 Å². The number of hydrogen-bond acceptors (Lipinski definition) is 1. The van der Waals surface area contributed by atoms with Gasteiger partial charge in [0.05, 0.1) is 11.2 Å². The molecule has 28 heavy (non-hydrogen) atoms. The molecule has 136 valence electrons. The van der Waals surface area contributed by atoms with Gasteiger partial charge in [-0.3, -0.25) is 0 Å². The molecular weight excluding hydrogens is 342 g/mol. The fraction of sp³-hybridized carbons (Fsp3) is 0.0769. The van der Waals surface area contributed by atoms with Crippen LogP contribution in [-0.4, -0.2) is 4.57 Å². The standard InChI is InChI=1S/C26H21NO/c1-4-9-23-19(5-2)20-11-6-7-13-24(20)27(23)18-14-15-25-22(16-18)21-12-8-10-17(3)26(21)28-25/h4-16H,2H2,1,3H3/b9-4-. The second-order valence-corrected chi connectivity index (χ2v) is 7.09. The molecule has 0 N–H and O–H groups in total. The summed E-state index contributed by atoms with van der Waals surface area (Å²) in [5.74, 6) is 0. The molecule has 0 aliphatic carbocycles. The fourth-order valence-corrected chi connectivity index (χ4v) is 4.17. The number of furan rings is 1. The van der Waals surface area contributed by atoms with E-state index in [1.807, 2.05) is 13.0 Å². The van der Waals surface area contributed by atoms with E-state index < -0.39 is 0 Å². The highest BCUT2D eigenvalue weighted by atomic mass is 16.3. The zero-order valence-electron chi connectivity index (χ0n) is 16.1. The van der Waals surface area contributed by atoms with Crippen LogP contribution < -0.4 is 0 Å². The molecule has 2 heteroatoms. The van der Waals surface area contributed by atoms with E-state index in [0.717, 1.165) is 44.4 Å². The summed E-state index contributed by atoms with van der Waals surface area (Å²) in [7, 11) is 0. The molecule has 0 aliphatic rings. The summed E-state index contributed by atoms with van der Waals surface area (Å²) in [5, 5.41) is 3.50. The van der Waals surface area contributed by atoms with Gasteiger partial charge in [-0.1, -0.05) is 55.1 Å². The van der Waals surface area contributed by atoms with Gasteiger partial charge in [-0.2, -0.15) is 0 Å². The third-order valence-corrected chi connectivity index (χ3v) is 5.42. The van der Waals surface area contributed by atoms with E-state index in [-0.39, 0.29) is 0 Å². The van der Waals surface area contributed by atoms with Crippen molar-refractivity contribution >= 4 is 45.0 Å². The minimum Gasteiger partial charge on any atom is -0.456 e. The summed E-state index contributed by atoms with van der Waals surface area (Å²) in [6, 6.07) is 21.2. The first-order valence-corrected chi connectivity index (χ1v) is 9.53. The van der Waals surface area contributed by atoms with Crippen molar-refractivity contribution in [3.05, 3.63) is 90.1 Å². The highest BCUT2D eigenvalue weighted by Gasteiger charge is 2.16. The highest BCUT2D eigenvalue weighted by molar-refractivity contribution is 6.07. The quantitative estimate of drug-likeness (QED) is 0.324. The lowest BCUT2D eigenvalue weighted by molar-refractivity contribution is 0.665. The first-order valence-electron chi connectivity index (χ1n) is 9.53. The van der Waals surface area contributed by atoms with Crippen molar-refractivity contribution in [1.82, 2.24) is 4.57 Å². The predicted octanol–water partition coefficient (Wildman–Crippen LogP) is 7.51. The lowest BCUT2D eigenvalue weighted by Crippen LogP contribution is -1.96. The summed E-state index contributed by atoms with van der Waals surface area (Å²) < 4.78 is 8.43. The molecule has 0 saturated carbocycles. The largest absolute Gasteiger partial charge is 0.456 e. The number of fused-ring (bicyclic) bond motifs is 4. The van der Waals surface area contributed by atoms with Crippen LogP contribution in [0.2, 0.25) is 0 Å². The number of rotatable bonds is 3. The van der Waals surface area contributed by atoms with Gasteiger partial charge in [-0.05, 0) is 49.8 Å². The lowest BCUT2D eigenvalue weighted by Gasteiger charge is -2.09. The number of aromatic nitrogens is 1. The Bertz CT molecular complexity index is 1390. The van der Waals surface area contributed by atoms with Gasteiger partial charge in [0.25, 0.3) is 0 Å². The Morgan fingerprint density at radius 2 is 1.75 bits per heavy atom. The summed E-state index contributed by atoms with van der Waals surface area (Å²) >= 11 is 0. The molecular formula is C26H21NO. The molecule has 3 aromatic carbocycles. The molecule has 2 nitrogen and oxygen atoms in total. The summed E-state index contributed by atoms with van der Waals surface area (Å²) in [4.78, 5) is 0. The monoisotopic (exact) mass is 363 g/mol. The molecule has 0 radical (unpaired) electrons. The number of para-hydroxylation sites is 2. The number of aryl methyl sites for hydroxylation is 1. The maximum atomic E-state index is 6.13. The normalized spacial score (nSPS) is 11.9. The minimum atomic E-state index is 0.918. The van der Waals surface area contributed by atoms with E-state index in [2.05, 4.69) is 90.9 Å². The number of allylic oxidation sites excluding steroid dienone is 1. The van der Waals surface area contributed by atoms with Crippen LogP contribution in [0, 0.1) is 6.92 Å². The first-order chi connectivity index (χ1) is 13.7. The van der Waals surface area contributed by atoms with E-state index in [4.69, 9.17) is 4.42 Å². The molecule has 0 unspecified atom stereocenters. The van der Waals surface area contributed by atoms with Gasteiger partial charge in [0.15, 0.2) is 0 Å². The zero-order valence-corrected chi connectivity index (χ0v) is 16.1. The smallest absolute Gasteiger partial charge is 0.138 e. The van der Waals surface area contributed by atoms with Gasteiger partial charge >= 0.3 is 0 Å². The van der Waals surface area contributed by atoms with Crippen LogP contribution in [0.1, 0.15) is 23.7 Å². The van der Waals surface area contributed by atoms with Gasteiger partial charge < -0.3 is 8.98 Å². The molecule has 2 heterocycles. The molecule has 0 atom stereocenters. The highest BCUT2D eigenvalue weighted by Crippen LogP contribution is 2.35. The SMILES string of the molecule is C=Cc1c(/C=C\C)n(-c2ccc3oc4c(C)cccc4c3c2)c2ccccc12. The van der Waals surface area contributed by atoms with E-state index in [0.29, 0.717) is 0 Å². The Balaban J connectivity index is 1.89. The van der Waals surface area contributed by atoms with E-state index >= 15 is 0 Å². The summed E-state index contributed by atoms with van der Waals surface area (Å²) in [5.41, 5.74) is 7.63. The fourth-order valence-electron chi connectivity index (χ4n) is 4.17. The van der Waals surface area contributed by atoms with E-state index in [1.54, 1.807) is 0 Å². The number of hydrogen-bond donors (Lipinski definition) is 0. The third kappa shape index (κ3) is 2.28. The van der Waals surface area contributed by atoms with Crippen molar-refractivity contribution in [2.45, 2.75) is 13.8 Å². The molecule has 2 aromatic heterocycles. The van der Waals surface area contributed by atoms with Crippen LogP contribution in [-0.2, 0) is 0 Å². The average molecular weight is 363 g/mol. The van der Waals surface area contributed by atoms with Gasteiger partial charge in [0, 0.05) is 27.4 Å². The first kappa shape index (κ1) is 16.6. The number of nitrogens with zero attached hydrogens (tertiary/aromatic N) is 1. The average Bonchev–Trinajstić information content (AvgIpc) is 3.24. The summed E-state index contributed by atoms with van der Waals surface area (Å²) in [6.07, 6.45) is 6.18. The van der Waals surface area contributed by atoms with Crippen molar-refractivity contribution in [2.24, 2.45) is 0 Å². The van der Waals surface area contributed by atoms with Crippen molar-refractivity contribution in [1.29, 1.82) is 0 Å². The molecule has 5 aromatic rings. The Morgan fingerprint density at radius 3 is 2.57 bits per heavy atom. The van der Waals surface area contributed by atoms with Crippen LogP contribution in [0.4, 0.5) is 0 Å². The second-order valence-electron chi connectivity index (χ2n) is 7.09. The zero-order chi connectivity index (χ0) is 19.3. The Morgan fingerprint density at radius 1 is 0.929 bits per heavy atom. The molecule has 0 bridgehead atoms. The minimum absolute atomic E-state index is 0.918. The van der Waals surface area contributed by atoms with Crippen LogP contribution in [0.3, 0.4) is 0 Å². The van der Waals surface area contributed by atoms with Gasteiger partial charge in [-0.25, -0.2) is 0 Å². The summed E-state index contributed by atoms with van der Waals surface area (Å²) in [6.45, 7) is 8.20. The van der Waals surface area contributed by atoms with Gasteiger partial charge in [0.2, 0.25) is 0 Å². The lowest BCUT2D eigenvalue weighted by atomic mass is 10.1. The van der Waals surface area contributed by atoms with Gasteiger partial charge in [0.1, 0.15) is 11.2 Å². The predicted molar refractivity (Wildman–Crippen MR) is 120 cm³/mol. The van der Waals surface area contributed by atoms with Crippen LogP contribution in [0.5, 0.6) is 0 Å². The van der Waals surface area contributed by atoms with E-state index in [1.165, 1.54) is 10.9 Å². The van der Waals surface area contributed by atoms with Crippen LogP contribution in [0.25, 0.3) is 50.7 Å². The van der Waals surface area contributed by atoms with Gasteiger partial charge in [-0.15, -0.1) is 0 Å². The van der Waals surface area contributed by atoms with E-state index in [9.17, 15) is 0 Å². The number of benzene rings is 3.